The van der Waals surface area contributed by atoms with Crippen molar-refractivity contribution < 1.29 is 9.59 Å². The first-order valence-corrected chi connectivity index (χ1v) is 9.08. The van der Waals surface area contributed by atoms with Gasteiger partial charge in [-0.25, -0.2) is 0 Å². The number of carbonyl (C=O) groups excluding carboxylic acids is 2. The van der Waals surface area contributed by atoms with Gasteiger partial charge in [0.2, 0.25) is 5.91 Å². The molecule has 0 saturated carbocycles. The number of benzene rings is 2. The van der Waals surface area contributed by atoms with Crippen LogP contribution in [0, 0.1) is 0 Å². The number of hydrogen-bond acceptors (Lipinski definition) is 3. The number of halogens is 2. The van der Waals surface area contributed by atoms with E-state index in [1.54, 1.807) is 18.2 Å². The summed E-state index contributed by atoms with van der Waals surface area (Å²) in [6.45, 7) is 1.45. The van der Waals surface area contributed by atoms with E-state index in [9.17, 15) is 9.59 Å². The molecule has 136 valence electrons. The maximum absolute atomic E-state index is 12.4. The van der Waals surface area contributed by atoms with Crippen LogP contribution in [0.2, 0.25) is 10.0 Å². The molecule has 1 heterocycles. The van der Waals surface area contributed by atoms with E-state index in [-0.39, 0.29) is 17.9 Å². The second kappa shape index (κ2) is 8.08. The summed E-state index contributed by atoms with van der Waals surface area (Å²) >= 11 is 11.9. The summed E-state index contributed by atoms with van der Waals surface area (Å²) in [5, 5.41) is 3.66. The highest BCUT2D eigenvalue weighted by molar-refractivity contribution is 6.35. The van der Waals surface area contributed by atoms with Crippen LogP contribution in [-0.4, -0.2) is 29.3 Å². The molecule has 1 fully saturated rings. The van der Waals surface area contributed by atoms with E-state index in [1.165, 1.54) is 0 Å². The molecule has 1 aliphatic heterocycles. The van der Waals surface area contributed by atoms with Gasteiger partial charge in [0.05, 0.1) is 6.04 Å². The molecule has 0 bridgehead atoms. The first kappa shape index (κ1) is 18.7. The number of nitrogens with zero attached hydrogens (tertiary/aromatic N) is 1. The van der Waals surface area contributed by atoms with Crippen LogP contribution in [0.5, 0.6) is 0 Å². The average molecular weight is 392 g/mol. The highest BCUT2D eigenvalue weighted by Gasteiger charge is 2.28. The van der Waals surface area contributed by atoms with Crippen LogP contribution in [0.4, 0.5) is 5.69 Å². The van der Waals surface area contributed by atoms with E-state index in [0.717, 1.165) is 24.9 Å². The standard InChI is InChI=1S/C19H19Cl2N3O2/c20-14-8-13(9-15(21)10-14)19(26)23-16-4-1-3-12(7-16)11-24-6-2-5-17(24)18(22)25/h1,3-4,7-10,17H,2,5-6,11H2,(H2,22,25)(H,23,26). The molecule has 3 rings (SSSR count). The van der Waals surface area contributed by atoms with Gasteiger partial charge in [-0.15, -0.1) is 0 Å². The molecule has 2 aromatic rings. The van der Waals surface area contributed by atoms with Gasteiger partial charge in [0.25, 0.3) is 5.91 Å². The molecular weight excluding hydrogens is 373 g/mol. The van der Waals surface area contributed by atoms with Gasteiger partial charge in [0, 0.05) is 27.8 Å². The predicted octanol–water partition coefficient (Wildman–Crippen LogP) is 3.70. The van der Waals surface area contributed by atoms with Gasteiger partial charge < -0.3 is 11.1 Å². The van der Waals surface area contributed by atoms with Crippen LogP contribution in [0.15, 0.2) is 42.5 Å². The smallest absolute Gasteiger partial charge is 0.255 e. The lowest BCUT2D eigenvalue weighted by atomic mass is 10.1. The number of rotatable bonds is 5. The number of amides is 2. The fraction of sp³-hybridized carbons (Fsp3) is 0.263. The molecule has 3 N–H and O–H groups in total. The Balaban J connectivity index is 1.71. The Labute approximate surface area is 162 Å². The lowest BCUT2D eigenvalue weighted by Gasteiger charge is -2.22. The van der Waals surface area contributed by atoms with Crippen molar-refractivity contribution in [1.82, 2.24) is 4.90 Å². The van der Waals surface area contributed by atoms with Crippen molar-refractivity contribution in [2.75, 3.05) is 11.9 Å². The van der Waals surface area contributed by atoms with Gasteiger partial charge in [-0.1, -0.05) is 35.3 Å². The summed E-state index contributed by atoms with van der Waals surface area (Å²) in [6.07, 6.45) is 1.75. The normalized spacial score (nSPS) is 17.2. The van der Waals surface area contributed by atoms with E-state index in [1.807, 2.05) is 24.3 Å². The molecule has 5 nitrogen and oxygen atoms in total. The summed E-state index contributed by atoms with van der Waals surface area (Å²) in [5.74, 6) is -0.576. The van der Waals surface area contributed by atoms with Crippen molar-refractivity contribution in [3.63, 3.8) is 0 Å². The Morgan fingerprint density at radius 1 is 1.15 bits per heavy atom. The Hall–Kier alpha value is -2.08. The summed E-state index contributed by atoms with van der Waals surface area (Å²) in [7, 11) is 0. The highest BCUT2D eigenvalue weighted by Crippen LogP contribution is 2.23. The highest BCUT2D eigenvalue weighted by atomic mass is 35.5. The Kier molecular flexibility index (Phi) is 5.81. The number of anilines is 1. The van der Waals surface area contributed by atoms with Crippen LogP contribution in [0.25, 0.3) is 0 Å². The average Bonchev–Trinajstić information content (AvgIpc) is 3.02. The maximum Gasteiger partial charge on any atom is 0.255 e. The van der Waals surface area contributed by atoms with Crippen LogP contribution in [-0.2, 0) is 11.3 Å². The van der Waals surface area contributed by atoms with Crippen molar-refractivity contribution in [3.05, 3.63) is 63.6 Å². The quantitative estimate of drug-likeness (QED) is 0.815. The summed E-state index contributed by atoms with van der Waals surface area (Å²) < 4.78 is 0. The SMILES string of the molecule is NC(=O)C1CCCN1Cc1cccc(NC(=O)c2cc(Cl)cc(Cl)c2)c1. The summed E-state index contributed by atoms with van der Waals surface area (Å²) in [4.78, 5) is 26.0. The molecule has 1 atom stereocenters. The largest absolute Gasteiger partial charge is 0.368 e. The number of primary amides is 1. The molecular formula is C19H19Cl2N3O2. The maximum atomic E-state index is 12.4. The first-order chi connectivity index (χ1) is 12.4. The zero-order valence-electron chi connectivity index (χ0n) is 14.0. The topological polar surface area (TPSA) is 75.4 Å². The van der Waals surface area contributed by atoms with Gasteiger partial charge in [-0.2, -0.15) is 0 Å². The summed E-state index contributed by atoms with van der Waals surface area (Å²) in [5.41, 5.74) is 7.52. The lowest BCUT2D eigenvalue weighted by molar-refractivity contribution is -0.122. The van der Waals surface area contributed by atoms with E-state index in [4.69, 9.17) is 28.9 Å². The minimum atomic E-state index is -0.289. The van der Waals surface area contributed by atoms with Gasteiger partial charge in [-0.05, 0) is 55.3 Å². The third-order valence-electron chi connectivity index (χ3n) is 4.39. The fourth-order valence-corrected chi connectivity index (χ4v) is 3.73. The molecule has 2 aromatic carbocycles. The second-order valence-corrected chi connectivity index (χ2v) is 7.22. The third-order valence-corrected chi connectivity index (χ3v) is 4.82. The molecule has 1 saturated heterocycles. The minimum Gasteiger partial charge on any atom is -0.368 e. The monoisotopic (exact) mass is 391 g/mol. The van der Waals surface area contributed by atoms with Gasteiger partial charge >= 0.3 is 0 Å². The zero-order valence-corrected chi connectivity index (χ0v) is 15.6. The molecule has 0 aromatic heterocycles. The molecule has 2 amide bonds. The molecule has 1 aliphatic rings. The number of nitrogens with one attached hydrogen (secondary N) is 1. The molecule has 1 unspecified atom stereocenters. The second-order valence-electron chi connectivity index (χ2n) is 6.34. The van der Waals surface area contributed by atoms with Crippen molar-refractivity contribution in [2.24, 2.45) is 5.73 Å². The molecule has 0 spiro atoms. The van der Waals surface area contributed by atoms with Gasteiger partial charge in [0.15, 0.2) is 0 Å². The Bertz CT molecular complexity index is 821. The molecule has 0 radical (unpaired) electrons. The van der Waals surface area contributed by atoms with Crippen LogP contribution in [0.1, 0.15) is 28.8 Å². The van der Waals surface area contributed by atoms with E-state index in [2.05, 4.69) is 10.2 Å². The number of nitrogens with two attached hydrogens (primary N) is 1. The molecule has 7 heteroatoms. The van der Waals surface area contributed by atoms with Crippen LogP contribution >= 0.6 is 23.2 Å². The number of hydrogen-bond donors (Lipinski definition) is 2. The lowest BCUT2D eigenvalue weighted by Crippen LogP contribution is -2.39. The van der Waals surface area contributed by atoms with E-state index in [0.29, 0.717) is 27.8 Å². The number of carbonyl (C=O) groups is 2. The zero-order chi connectivity index (χ0) is 18.7. The third kappa shape index (κ3) is 4.55. The summed E-state index contributed by atoms with van der Waals surface area (Å²) in [6, 6.07) is 12.0. The van der Waals surface area contributed by atoms with Crippen molar-refractivity contribution >= 4 is 40.7 Å². The van der Waals surface area contributed by atoms with E-state index >= 15 is 0 Å². The van der Waals surface area contributed by atoms with Gasteiger partial charge in [-0.3, -0.25) is 14.5 Å². The van der Waals surface area contributed by atoms with Crippen molar-refractivity contribution in [2.45, 2.75) is 25.4 Å². The molecule has 0 aliphatic carbocycles. The van der Waals surface area contributed by atoms with E-state index < -0.39 is 0 Å². The Morgan fingerprint density at radius 3 is 2.58 bits per heavy atom. The van der Waals surface area contributed by atoms with Gasteiger partial charge in [0.1, 0.15) is 0 Å². The van der Waals surface area contributed by atoms with Crippen molar-refractivity contribution in [3.8, 4) is 0 Å². The number of likely N-dealkylation sites (tertiary alicyclic amines) is 1. The predicted molar refractivity (Wildman–Crippen MR) is 103 cm³/mol. The van der Waals surface area contributed by atoms with Crippen LogP contribution < -0.4 is 11.1 Å². The Morgan fingerprint density at radius 2 is 1.88 bits per heavy atom. The molecule has 26 heavy (non-hydrogen) atoms. The first-order valence-electron chi connectivity index (χ1n) is 8.32. The van der Waals surface area contributed by atoms with Crippen LogP contribution in [0.3, 0.4) is 0 Å². The minimum absolute atomic E-state index is 0.221. The van der Waals surface area contributed by atoms with Crippen molar-refractivity contribution in [1.29, 1.82) is 0 Å². The fourth-order valence-electron chi connectivity index (χ4n) is 3.21.